The molecule has 0 aliphatic carbocycles. The lowest BCUT2D eigenvalue weighted by molar-refractivity contribution is -0.139. The lowest BCUT2D eigenvalue weighted by Gasteiger charge is -2.03. The summed E-state index contributed by atoms with van der Waals surface area (Å²) in [6.07, 6.45) is 4.58. The second-order valence-corrected chi connectivity index (χ2v) is 4.67. The van der Waals surface area contributed by atoms with Gasteiger partial charge in [0.2, 0.25) is 0 Å². The van der Waals surface area contributed by atoms with Gasteiger partial charge in [0.05, 0.1) is 6.21 Å². The van der Waals surface area contributed by atoms with Crippen LogP contribution in [-0.2, 0) is 16.1 Å². The number of rotatable bonds is 4. The number of aromatic nitrogens is 1. The number of halogens is 1. The fourth-order valence-corrected chi connectivity index (χ4v) is 1.74. The van der Waals surface area contributed by atoms with Gasteiger partial charge in [-0.15, -0.1) is 0 Å². The van der Waals surface area contributed by atoms with Gasteiger partial charge in [0, 0.05) is 29.5 Å². The van der Waals surface area contributed by atoms with Crippen LogP contribution in [0.1, 0.15) is 11.1 Å². The molecule has 0 aliphatic rings. The first-order valence-corrected chi connectivity index (χ1v) is 6.79. The first-order valence-electron chi connectivity index (χ1n) is 6.41. The van der Waals surface area contributed by atoms with Crippen molar-refractivity contribution in [3.63, 3.8) is 0 Å². The molecule has 2 aromatic rings. The van der Waals surface area contributed by atoms with Gasteiger partial charge in [-0.25, -0.2) is 5.43 Å². The molecule has 6 nitrogen and oxygen atoms in total. The Morgan fingerprint density at radius 3 is 2.59 bits per heavy atom. The number of pyridine rings is 1. The van der Waals surface area contributed by atoms with Gasteiger partial charge in [-0.2, -0.15) is 5.10 Å². The average molecular weight is 317 g/mol. The van der Waals surface area contributed by atoms with Crippen molar-refractivity contribution in [3.05, 3.63) is 64.9 Å². The Balaban J connectivity index is 1.82. The Morgan fingerprint density at radius 2 is 1.86 bits per heavy atom. The minimum absolute atomic E-state index is 0.239. The monoisotopic (exact) mass is 316 g/mol. The van der Waals surface area contributed by atoms with Crippen LogP contribution in [-0.4, -0.2) is 23.0 Å². The summed E-state index contributed by atoms with van der Waals surface area (Å²) in [5.74, 6) is -1.62. The summed E-state index contributed by atoms with van der Waals surface area (Å²) in [5, 5.41) is 6.68. The maximum Gasteiger partial charge on any atom is 0.329 e. The maximum absolute atomic E-state index is 11.6. The van der Waals surface area contributed by atoms with E-state index in [0.29, 0.717) is 10.6 Å². The van der Waals surface area contributed by atoms with Crippen LogP contribution in [0.5, 0.6) is 0 Å². The second-order valence-electron chi connectivity index (χ2n) is 4.26. The predicted octanol–water partition coefficient (Wildman–Crippen LogP) is 1.50. The van der Waals surface area contributed by atoms with Gasteiger partial charge in [0.25, 0.3) is 0 Å². The first-order chi connectivity index (χ1) is 10.7. The van der Waals surface area contributed by atoms with Crippen molar-refractivity contribution in [2.75, 3.05) is 0 Å². The van der Waals surface area contributed by atoms with Crippen LogP contribution in [0, 0.1) is 0 Å². The Hall–Kier alpha value is -2.73. The normalized spacial score (nSPS) is 10.4. The molecular weight excluding hydrogens is 304 g/mol. The zero-order valence-electron chi connectivity index (χ0n) is 11.5. The number of hydrogen-bond acceptors (Lipinski definition) is 4. The lowest BCUT2D eigenvalue weighted by atomic mass is 10.2. The number of benzene rings is 1. The summed E-state index contributed by atoms with van der Waals surface area (Å²) in [6, 6.07) is 10.5. The Bertz CT molecular complexity index is 689. The van der Waals surface area contributed by atoms with Gasteiger partial charge < -0.3 is 5.32 Å². The molecule has 0 fully saturated rings. The molecule has 0 saturated heterocycles. The van der Waals surface area contributed by atoms with Crippen LogP contribution in [0.2, 0.25) is 5.02 Å². The predicted molar refractivity (Wildman–Crippen MR) is 83.3 cm³/mol. The number of amides is 2. The van der Waals surface area contributed by atoms with E-state index in [4.69, 9.17) is 11.6 Å². The summed E-state index contributed by atoms with van der Waals surface area (Å²) in [6.45, 7) is 0.239. The minimum atomic E-state index is -0.850. The highest BCUT2D eigenvalue weighted by Crippen LogP contribution is 2.11. The van der Waals surface area contributed by atoms with Crippen LogP contribution in [0.4, 0.5) is 0 Å². The van der Waals surface area contributed by atoms with Crippen molar-refractivity contribution in [2.24, 2.45) is 5.10 Å². The largest absolute Gasteiger partial charge is 0.344 e. The Kier molecular flexibility index (Phi) is 5.62. The van der Waals surface area contributed by atoms with Crippen molar-refractivity contribution in [1.82, 2.24) is 15.7 Å². The van der Waals surface area contributed by atoms with Crippen molar-refractivity contribution in [2.45, 2.75) is 6.54 Å². The topological polar surface area (TPSA) is 83.5 Å². The molecule has 7 heteroatoms. The van der Waals surface area contributed by atoms with Gasteiger partial charge in [-0.1, -0.05) is 29.8 Å². The van der Waals surface area contributed by atoms with Crippen LogP contribution in [0.25, 0.3) is 0 Å². The van der Waals surface area contributed by atoms with E-state index in [1.54, 1.807) is 48.8 Å². The zero-order chi connectivity index (χ0) is 15.8. The molecule has 1 aromatic carbocycles. The standard InChI is InChI=1S/C15H13ClN4O2/c16-13-4-2-1-3-12(13)10-19-20-15(22)14(21)18-9-11-5-7-17-8-6-11/h1-8,10H,9H2,(H,18,21)(H,20,22). The molecule has 1 aromatic heterocycles. The van der Waals surface area contributed by atoms with Crippen LogP contribution in [0.15, 0.2) is 53.9 Å². The molecule has 0 atom stereocenters. The van der Waals surface area contributed by atoms with Crippen LogP contribution < -0.4 is 10.7 Å². The molecule has 1 heterocycles. The number of hydrazone groups is 1. The van der Waals surface area contributed by atoms with Gasteiger partial charge in [0.15, 0.2) is 0 Å². The molecule has 0 bridgehead atoms. The molecule has 0 unspecified atom stereocenters. The fraction of sp³-hybridized carbons (Fsp3) is 0.0667. The third kappa shape index (κ3) is 4.68. The molecule has 2 amide bonds. The lowest BCUT2D eigenvalue weighted by Crippen LogP contribution is -2.37. The summed E-state index contributed by atoms with van der Waals surface area (Å²) in [4.78, 5) is 27.0. The molecule has 0 saturated carbocycles. The van der Waals surface area contributed by atoms with E-state index < -0.39 is 11.8 Å². The average Bonchev–Trinajstić information content (AvgIpc) is 2.55. The molecule has 0 aliphatic heterocycles. The van der Waals surface area contributed by atoms with E-state index in [0.717, 1.165) is 5.56 Å². The number of nitrogens with zero attached hydrogens (tertiary/aromatic N) is 2. The first kappa shape index (κ1) is 15.7. The summed E-state index contributed by atoms with van der Waals surface area (Å²) < 4.78 is 0. The van der Waals surface area contributed by atoms with Crippen LogP contribution >= 0.6 is 11.6 Å². The van der Waals surface area contributed by atoms with Crippen molar-refractivity contribution < 1.29 is 9.59 Å². The second kappa shape index (κ2) is 7.90. The van der Waals surface area contributed by atoms with Gasteiger partial charge in [0.1, 0.15) is 0 Å². The van der Waals surface area contributed by atoms with E-state index in [9.17, 15) is 9.59 Å². The van der Waals surface area contributed by atoms with Crippen molar-refractivity contribution in [1.29, 1.82) is 0 Å². The minimum Gasteiger partial charge on any atom is -0.344 e. The molecule has 2 N–H and O–H groups in total. The number of hydrogen-bond donors (Lipinski definition) is 2. The molecule has 22 heavy (non-hydrogen) atoms. The quantitative estimate of drug-likeness (QED) is 0.509. The third-order valence-electron chi connectivity index (χ3n) is 2.68. The van der Waals surface area contributed by atoms with E-state index in [1.165, 1.54) is 6.21 Å². The van der Waals surface area contributed by atoms with Gasteiger partial charge in [-0.05, 0) is 23.8 Å². The van der Waals surface area contributed by atoms with E-state index in [1.807, 2.05) is 0 Å². The SMILES string of the molecule is O=C(NCc1ccncc1)C(=O)NN=Cc1ccccc1Cl. The molecule has 2 rings (SSSR count). The van der Waals surface area contributed by atoms with E-state index >= 15 is 0 Å². The fourth-order valence-electron chi connectivity index (χ4n) is 1.55. The van der Waals surface area contributed by atoms with E-state index in [-0.39, 0.29) is 6.54 Å². The van der Waals surface area contributed by atoms with Crippen molar-refractivity contribution in [3.8, 4) is 0 Å². The number of nitrogens with one attached hydrogen (secondary N) is 2. The molecular formula is C15H13ClN4O2. The number of carbonyl (C=O) groups is 2. The highest BCUT2D eigenvalue weighted by atomic mass is 35.5. The van der Waals surface area contributed by atoms with Gasteiger partial charge >= 0.3 is 11.8 Å². The third-order valence-corrected chi connectivity index (χ3v) is 3.03. The highest BCUT2D eigenvalue weighted by Gasteiger charge is 2.11. The van der Waals surface area contributed by atoms with E-state index in [2.05, 4.69) is 20.8 Å². The maximum atomic E-state index is 11.6. The molecule has 0 radical (unpaired) electrons. The van der Waals surface area contributed by atoms with Crippen molar-refractivity contribution >= 4 is 29.6 Å². The highest BCUT2D eigenvalue weighted by molar-refractivity contribution is 6.35. The summed E-state index contributed by atoms with van der Waals surface area (Å²) in [7, 11) is 0. The molecule has 112 valence electrons. The summed E-state index contributed by atoms with van der Waals surface area (Å²) >= 11 is 5.93. The summed E-state index contributed by atoms with van der Waals surface area (Å²) in [5.41, 5.74) is 3.63. The van der Waals surface area contributed by atoms with Gasteiger partial charge in [-0.3, -0.25) is 14.6 Å². The molecule has 0 spiro atoms. The Morgan fingerprint density at radius 1 is 1.14 bits per heavy atom. The zero-order valence-corrected chi connectivity index (χ0v) is 12.2. The smallest absolute Gasteiger partial charge is 0.329 e. The Labute approximate surface area is 132 Å². The number of carbonyl (C=O) groups excluding carboxylic acids is 2. The van der Waals surface area contributed by atoms with Crippen LogP contribution in [0.3, 0.4) is 0 Å².